The summed E-state index contributed by atoms with van der Waals surface area (Å²) in [4.78, 5) is 23.9. The highest BCUT2D eigenvalue weighted by Crippen LogP contribution is 2.32. The first-order chi connectivity index (χ1) is 13.9. The van der Waals surface area contributed by atoms with E-state index in [9.17, 15) is 4.79 Å². The highest BCUT2D eigenvalue weighted by Gasteiger charge is 2.33. The van der Waals surface area contributed by atoms with Gasteiger partial charge >= 0.3 is 0 Å². The lowest BCUT2D eigenvalue weighted by molar-refractivity contribution is -0.121. The fourth-order valence-corrected chi connectivity index (χ4v) is 5.45. The van der Waals surface area contributed by atoms with Crippen molar-refractivity contribution in [2.75, 3.05) is 24.2 Å². The summed E-state index contributed by atoms with van der Waals surface area (Å²) in [5, 5.41) is 3.73. The zero-order valence-corrected chi connectivity index (χ0v) is 19.1. The maximum absolute atomic E-state index is 12.6. The van der Waals surface area contributed by atoms with Crippen molar-refractivity contribution in [1.82, 2.24) is 14.9 Å². The summed E-state index contributed by atoms with van der Waals surface area (Å²) in [5.74, 6) is 2.81. The molecular formula is C21H30N4O2S2. The fourth-order valence-electron chi connectivity index (χ4n) is 3.57. The van der Waals surface area contributed by atoms with Gasteiger partial charge in [0.05, 0.1) is 16.6 Å². The van der Waals surface area contributed by atoms with Crippen LogP contribution in [0.4, 0.5) is 5.13 Å². The predicted octanol–water partition coefficient (Wildman–Crippen LogP) is 4.58. The van der Waals surface area contributed by atoms with Gasteiger partial charge in [0.1, 0.15) is 5.76 Å². The van der Waals surface area contributed by atoms with E-state index in [2.05, 4.69) is 41.0 Å². The molecule has 3 heterocycles. The Balaban J connectivity index is 1.20. The van der Waals surface area contributed by atoms with Crippen LogP contribution in [-0.2, 0) is 16.6 Å². The molecule has 0 unspecified atom stereocenters. The van der Waals surface area contributed by atoms with Crippen LogP contribution in [0.2, 0.25) is 0 Å². The number of carbonyl (C=O) groups excluding carboxylic acids is 1. The second-order valence-electron chi connectivity index (χ2n) is 8.98. The van der Waals surface area contributed by atoms with Crippen LogP contribution < -0.4 is 5.32 Å². The van der Waals surface area contributed by atoms with E-state index in [4.69, 9.17) is 4.42 Å². The van der Waals surface area contributed by atoms with E-state index < -0.39 is 0 Å². The number of oxazole rings is 1. The maximum Gasteiger partial charge on any atom is 0.229 e. The van der Waals surface area contributed by atoms with Crippen molar-refractivity contribution < 1.29 is 9.21 Å². The Morgan fingerprint density at radius 3 is 2.66 bits per heavy atom. The van der Waals surface area contributed by atoms with Crippen molar-refractivity contribution in [2.45, 2.75) is 68.5 Å². The lowest BCUT2D eigenvalue weighted by Crippen LogP contribution is -2.39. The molecule has 4 rings (SSSR count). The minimum absolute atomic E-state index is 0.0162. The molecule has 0 atom stereocenters. The third-order valence-corrected chi connectivity index (χ3v) is 7.64. The molecule has 8 heteroatoms. The van der Waals surface area contributed by atoms with Gasteiger partial charge in [0.2, 0.25) is 5.91 Å². The lowest BCUT2D eigenvalue weighted by atomic mass is 9.94. The standard InChI is InChI=1S/C21H30N4O2S2/c1-21(2,3)16-12-22-17(27-16)8-11-28-18-13-23-20(29-18)24-19(26)14-6-9-25(10-7-14)15-4-5-15/h12-15H,4-11H2,1-3H3,(H,23,24,26). The highest BCUT2D eigenvalue weighted by molar-refractivity contribution is 8.01. The van der Waals surface area contributed by atoms with E-state index in [-0.39, 0.29) is 17.2 Å². The van der Waals surface area contributed by atoms with Gasteiger partial charge in [-0.05, 0) is 38.8 Å². The number of hydrogen-bond acceptors (Lipinski definition) is 7. The van der Waals surface area contributed by atoms with Crippen molar-refractivity contribution in [3.05, 3.63) is 24.0 Å². The van der Waals surface area contributed by atoms with Crippen LogP contribution in [-0.4, -0.2) is 45.7 Å². The van der Waals surface area contributed by atoms with Crippen LogP contribution in [0.25, 0.3) is 0 Å². The molecule has 1 aliphatic carbocycles. The Bertz CT molecular complexity index is 830. The number of piperidine rings is 1. The monoisotopic (exact) mass is 434 g/mol. The Kier molecular flexibility index (Phi) is 6.32. The summed E-state index contributed by atoms with van der Waals surface area (Å²) >= 11 is 3.27. The summed E-state index contributed by atoms with van der Waals surface area (Å²) < 4.78 is 6.94. The normalized spacial score (nSPS) is 18.9. The average Bonchev–Trinajstić information content (AvgIpc) is 3.25. The van der Waals surface area contributed by atoms with Crippen LogP contribution in [0.3, 0.4) is 0 Å². The zero-order valence-electron chi connectivity index (χ0n) is 17.4. The average molecular weight is 435 g/mol. The van der Waals surface area contributed by atoms with E-state index in [1.54, 1.807) is 23.1 Å². The van der Waals surface area contributed by atoms with E-state index in [1.807, 2.05) is 12.4 Å². The molecule has 158 valence electrons. The minimum Gasteiger partial charge on any atom is -0.445 e. The van der Waals surface area contributed by atoms with Crippen LogP contribution >= 0.6 is 23.1 Å². The summed E-state index contributed by atoms with van der Waals surface area (Å²) in [7, 11) is 0. The van der Waals surface area contributed by atoms with Gasteiger partial charge in [0, 0.05) is 29.5 Å². The molecule has 0 spiro atoms. The number of aromatic nitrogens is 2. The first kappa shape index (κ1) is 20.9. The third-order valence-electron chi connectivity index (χ3n) is 5.53. The van der Waals surface area contributed by atoms with Gasteiger partial charge in [0.25, 0.3) is 0 Å². The van der Waals surface area contributed by atoms with Crippen molar-refractivity contribution in [3.8, 4) is 0 Å². The molecule has 1 saturated heterocycles. The Labute approximate surface area is 180 Å². The number of likely N-dealkylation sites (tertiary alicyclic amines) is 1. The van der Waals surface area contributed by atoms with E-state index >= 15 is 0 Å². The topological polar surface area (TPSA) is 71.3 Å². The van der Waals surface area contributed by atoms with Gasteiger partial charge in [-0.3, -0.25) is 4.79 Å². The number of hydrogen-bond donors (Lipinski definition) is 1. The molecule has 1 aliphatic heterocycles. The minimum atomic E-state index is -0.0162. The van der Waals surface area contributed by atoms with Gasteiger partial charge < -0.3 is 14.6 Å². The second kappa shape index (κ2) is 8.78. The third kappa shape index (κ3) is 5.61. The predicted molar refractivity (Wildman–Crippen MR) is 118 cm³/mol. The van der Waals surface area contributed by atoms with E-state index in [1.165, 1.54) is 12.8 Å². The van der Waals surface area contributed by atoms with Crippen molar-refractivity contribution in [3.63, 3.8) is 0 Å². The van der Waals surface area contributed by atoms with E-state index in [0.29, 0.717) is 5.13 Å². The molecule has 0 aromatic carbocycles. The van der Waals surface area contributed by atoms with Gasteiger partial charge in [-0.15, -0.1) is 11.8 Å². The number of nitrogens with one attached hydrogen (secondary N) is 1. The van der Waals surface area contributed by atoms with E-state index in [0.717, 1.165) is 60.0 Å². The number of aryl methyl sites for hydroxylation is 1. The number of anilines is 1. The van der Waals surface area contributed by atoms with Crippen molar-refractivity contribution >= 4 is 34.1 Å². The zero-order chi connectivity index (χ0) is 20.4. The maximum atomic E-state index is 12.6. The smallest absolute Gasteiger partial charge is 0.229 e. The molecule has 6 nitrogen and oxygen atoms in total. The summed E-state index contributed by atoms with van der Waals surface area (Å²) in [6.07, 6.45) is 9.05. The molecule has 29 heavy (non-hydrogen) atoms. The second-order valence-corrected chi connectivity index (χ2v) is 11.4. The number of amides is 1. The first-order valence-electron chi connectivity index (χ1n) is 10.5. The van der Waals surface area contributed by atoms with Crippen molar-refractivity contribution in [1.29, 1.82) is 0 Å². The SMILES string of the molecule is CC(C)(C)c1cnc(CCSc2cnc(NC(=O)C3CCN(C4CC4)CC3)s2)o1. The molecule has 2 aromatic heterocycles. The summed E-state index contributed by atoms with van der Waals surface area (Å²) in [6, 6.07) is 0.800. The fraction of sp³-hybridized carbons (Fsp3) is 0.667. The molecular weight excluding hydrogens is 404 g/mol. The quantitative estimate of drug-likeness (QED) is 0.644. The summed E-state index contributed by atoms with van der Waals surface area (Å²) in [5.41, 5.74) is -0.0162. The van der Waals surface area contributed by atoms with Gasteiger partial charge in [-0.25, -0.2) is 9.97 Å². The largest absolute Gasteiger partial charge is 0.445 e. The lowest BCUT2D eigenvalue weighted by Gasteiger charge is -2.31. The van der Waals surface area contributed by atoms with Crippen LogP contribution in [0.1, 0.15) is 58.1 Å². The first-order valence-corrected chi connectivity index (χ1v) is 12.3. The number of thiazole rings is 1. The van der Waals surface area contributed by atoms with Crippen LogP contribution in [0.5, 0.6) is 0 Å². The van der Waals surface area contributed by atoms with Crippen molar-refractivity contribution in [2.24, 2.45) is 5.92 Å². The molecule has 0 bridgehead atoms. The number of carbonyl (C=O) groups is 1. The van der Waals surface area contributed by atoms with Crippen LogP contribution in [0.15, 0.2) is 21.0 Å². The molecule has 2 aromatic rings. The van der Waals surface area contributed by atoms with Gasteiger partial charge in [-0.2, -0.15) is 0 Å². The molecule has 1 saturated carbocycles. The molecule has 1 amide bonds. The number of nitrogens with zero attached hydrogens (tertiary/aromatic N) is 3. The molecule has 2 aliphatic rings. The number of thioether (sulfide) groups is 1. The Hall–Kier alpha value is -1.38. The highest BCUT2D eigenvalue weighted by atomic mass is 32.2. The molecule has 2 fully saturated rings. The summed E-state index contributed by atoms with van der Waals surface area (Å²) in [6.45, 7) is 8.47. The Morgan fingerprint density at radius 2 is 2.00 bits per heavy atom. The molecule has 1 N–H and O–H groups in total. The van der Waals surface area contributed by atoms with Gasteiger partial charge in [-0.1, -0.05) is 32.1 Å². The number of rotatable bonds is 7. The Morgan fingerprint density at radius 1 is 1.24 bits per heavy atom. The van der Waals surface area contributed by atoms with Crippen LogP contribution in [0, 0.1) is 5.92 Å². The molecule has 0 radical (unpaired) electrons. The van der Waals surface area contributed by atoms with Gasteiger partial charge in [0.15, 0.2) is 11.0 Å².